The Morgan fingerprint density at radius 1 is 0.912 bits per heavy atom. The minimum Gasteiger partial charge on any atom is -0.481 e. The smallest absolute Gasteiger partial charge is 0.422 e. The predicted molar refractivity (Wildman–Crippen MR) is 133 cm³/mol. The third-order valence-electron chi connectivity index (χ3n) is 8.14. The number of benzene rings is 1. The minimum atomic E-state index is -4.46. The summed E-state index contributed by atoms with van der Waals surface area (Å²) in [4.78, 5) is 0. The molecule has 2 aliphatic rings. The second kappa shape index (κ2) is 13.9. The Bertz CT molecular complexity index is 707. The Balaban J connectivity index is 1.27. The Labute approximate surface area is 205 Å². The summed E-state index contributed by atoms with van der Waals surface area (Å²) in [5.41, 5.74) is 0.827. The molecular formula is C28H43F4OSi. The van der Waals surface area contributed by atoms with Crippen LogP contribution in [0.15, 0.2) is 18.2 Å². The fraction of sp³-hybridized carbons (Fsp3) is 0.786. The van der Waals surface area contributed by atoms with Gasteiger partial charge in [0.05, 0.1) is 0 Å². The SMILES string of the molecule is CCCCC[Si]1CCC(C2CCC(CCCCc3ccc(OCC(F)(F)F)c(F)c3)CC2)CC1. The van der Waals surface area contributed by atoms with Crippen LogP contribution < -0.4 is 4.74 Å². The zero-order chi connectivity index (χ0) is 24.4. The molecule has 0 N–H and O–H groups in total. The number of hydrogen-bond donors (Lipinski definition) is 0. The molecular weight excluding hydrogens is 456 g/mol. The molecule has 2 fully saturated rings. The van der Waals surface area contributed by atoms with Crippen LogP contribution in [0.1, 0.15) is 89.5 Å². The molecule has 1 aliphatic heterocycles. The highest BCUT2D eigenvalue weighted by Gasteiger charge is 2.31. The summed E-state index contributed by atoms with van der Waals surface area (Å²) in [6, 6.07) is 9.00. The molecule has 0 aromatic heterocycles. The van der Waals surface area contributed by atoms with Crippen molar-refractivity contribution < 1.29 is 22.3 Å². The normalized spacial score (nSPS) is 22.7. The summed E-state index contributed by atoms with van der Waals surface area (Å²) in [6.07, 6.45) is 12.5. The Kier molecular flexibility index (Phi) is 11.3. The first-order valence-corrected chi connectivity index (χ1v) is 15.8. The zero-order valence-electron chi connectivity index (χ0n) is 20.9. The predicted octanol–water partition coefficient (Wildman–Crippen LogP) is 9.38. The maximum absolute atomic E-state index is 14.0. The molecule has 1 heterocycles. The van der Waals surface area contributed by atoms with Gasteiger partial charge >= 0.3 is 6.18 Å². The molecule has 1 saturated heterocycles. The molecule has 0 bridgehead atoms. The van der Waals surface area contributed by atoms with Gasteiger partial charge in [-0.3, -0.25) is 0 Å². The maximum atomic E-state index is 14.0. The molecule has 6 heteroatoms. The fourth-order valence-electron chi connectivity index (χ4n) is 6.08. The van der Waals surface area contributed by atoms with E-state index in [1.165, 1.54) is 76.3 Å². The van der Waals surface area contributed by atoms with Crippen molar-refractivity contribution in [2.75, 3.05) is 6.61 Å². The Morgan fingerprint density at radius 2 is 1.62 bits per heavy atom. The van der Waals surface area contributed by atoms with Crippen LogP contribution >= 0.6 is 0 Å². The van der Waals surface area contributed by atoms with Gasteiger partial charge in [0.2, 0.25) is 0 Å². The number of unbranched alkanes of at least 4 members (excludes halogenated alkanes) is 3. The minimum absolute atomic E-state index is 0.0282. The van der Waals surface area contributed by atoms with Gasteiger partial charge in [-0.05, 0) is 61.1 Å². The van der Waals surface area contributed by atoms with E-state index in [-0.39, 0.29) is 14.5 Å². The third kappa shape index (κ3) is 9.54. The molecule has 1 nitrogen and oxygen atoms in total. The second-order valence-corrected chi connectivity index (χ2v) is 13.7. The van der Waals surface area contributed by atoms with E-state index < -0.39 is 18.6 Å². The number of ether oxygens (including phenoxy) is 1. The summed E-state index contributed by atoms with van der Waals surface area (Å²) >= 11 is 0. The van der Waals surface area contributed by atoms with E-state index in [2.05, 4.69) is 11.7 Å². The topological polar surface area (TPSA) is 9.23 Å². The second-order valence-electron chi connectivity index (χ2n) is 10.7. The molecule has 0 atom stereocenters. The first-order valence-electron chi connectivity index (χ1n) is 13.7. The van der Waals surface area contributed by atoms with Crippen molar-refractivity contribution in [2.24, 2.45) is 17.8 Å². The van der Waals surface area contributed by atoms with Crippen molar-refractivity contribution in [1.29, 1.82) is 0 Å². The van der Waals surface area contributed by atoms with E-state index in [4.69, 9.17) is 0 Å². The van der Waals surface area contributed by atoms with Crippen molar-refractivity contribution in [2.45, 2.75) is 115 Å². The lowest BCUT2D eigenvalue weighted by molar-refractivity contribution is -0.153. The number of halogens is 4. The van der Waals surface area contributed by atoms with Gasteiger partial charge in [-0.2, -0.15) is 13.2 Å². The molecule has 1 aromatic rings. The average Bonchev–Trinajstić information content (AvgIpc) is 2.82. The summed E-state index contributed by atoms with van der Waals surface area (Å²) in [6.45, 7) is 0.834. The summed E-state index contributed by atoms with van der Waals surface area (Å²) in [5.74, 6) is 1.76. The van der Waals surface area contributed by atoms with Gasteiger partial charge < -0.3 is 4.74 Å². The first-order chi connectivity index (χ1) is 16.3. The van der Waals surface area contributed by atoms with Crippen molar-refractivity contribution in [3.8, 4) is 5.75 Å². The number of rotatable bonds is 12. The van der Waals surface area contributed by atoms with Crippen LogP contribution in [0, 0.1) is 23.6 Å². The van der Waals surface area contributed by atoms with Crippen LogP contribution in [0.3, 0.4) is 0 Å². The largest absolute Gasteiger partial charge is 0.481 e. The molecule has 1 radical (unpaired) electrons. The zero-order valence-corrected chi connectivity index (χ0v) is 21.9. The van der Waals surface area contributed by atoms with Crippen molar-refractivity contribution >= 4 is 8.80 Å². The molecule has 3 rings (SSSR count). The van der Waals surface area contributed by atoms with E-state index in [0.29, 0.717) is 0 Å². The van der Waals surface area contributed by atoms with Crippen molar-refractivity contribution in [1.82, 2.24) is 0 Å². The van der Waals surface area contributed by atoms with E-state index in [0.717, 1.165) is 42.6 Å². The number of hydrogen-bond acceptors (Lipinski definition) is 1. The van der Waals surface area contributed by atoms with Crippen LogP contribution in [0.2, 0.25) is 18.1 Å². The third-order valence-corrected chi connectivity index (χ3v) is 11.2. The van der Waals surface area contributed by atoms with Crippen LogP contribution in [0.25, 0.3) is 0 Å². The fourth-order valence-corrected chi connectivity index (χ4v) is 9.14. The maximum Gasteiger partial charge on any atom is 0.422 e. The summed E-state index contributed by atoms with van der Waals surface area (Å²) in [5, 5.41) is 0. The van der Waals surface area contributed by atoms with Crippen LogP contribution in [0.4, 0.5) is 17.6 Å². The molecule has 0 unspecified atom stereocenters. The van der Waals surface area contributed by atoms with Gasteiger partial charge in [-0.1, -0.05) is 88.9 Å². The Hall–Kier alpha value is -1.04. The number of alkyl halides is 3. The average molecular weight is 500 g/mol. The van der Waals surface area contributed by atoms with Gasteiger partial charge in [0.1, 0.15) is 0 Å². The Morgan fingerprint density at radius 3 is 2.26 bits per heavy atom. The van der Waals surface area contributed by atoms with Crippen LogP contribution in [-0.2, 0) is 6.42 Å². The standard InChI is InChI=1S/C28H43F4OSi/c1-2-3-6-17-34-18-15-25(16-19-34)24-12-9-22(10-13-24)7-4-5-8-23-11-14-27(26(29)20-23)33-21-28(30,31)32/h11,14,20,22,24-25H,2-10,12-13,15-19,21H2,1H3. The highest BCUT2D eigenvalue weighted by Crippen LogP contribution is 2.42. The molecule has 1 saturated carbocycles. The molecule has 0 spiro atoms. The van der Waals surface area contributed by atoms with Gasteiger partial charge in [0, 0.05) is 8.80 Å². The summed E-state index contributed by atoms with van der Waals surface area (Å²) in [7, 11) is -0.0282. The van der Waals surface area contributed by atoms with Crippen LogP contribution in [-0.4, -0.2) is 21.6 Å². The lowest BCUT2D eigenvalue weighted by Gasteiger charge is -2.37. The van der Waals surface area contributed by atoms with E-state index >= 15 is 0 Å². The molecule has 0 amide bonds. The number of aryl methyl sites for hydroxylation is 1. The van der Waals surface area contributed by atoms with Gasteiger partial charge in [0.25, 0.3) is 0 Å². The van der Waals surface area contributed by atoms with Crippen molar-refractivity contribution in [3.63, 3.8) is 0 Å². The van der Waals surface area contributed by atoms with E-state index in [9.17, 15) is 17.6 Å². The lowest BCUT2D eigenvalue weighted by Crippen LogP contribution is -2.28. The molecule has 1 aliphatic carbocycles. The lowest BCUT2D eigenvalue weighted by atomic mass is 9.73. The molecule has 193 valence electrons. The quantitative estimate of drug-likeness (QED) is 0.158. The first kappa shape index (κ1) is 27.5. The highest BCUT2D eigenvalue weighted by atomic mass is 28.3. The van der Waals surface area contributed by atoms with Gasteiger partial charge in [-0.15, -0.1) is 0 Å². The molecule has 1 aromatic carbocycles. The van der Waals surface area contributed by atoms with E-state index in [1.54, 1.807) is 24.2 Å². The van der Waals surface area contributed by atoms with Crippen LogP contribution in [0.5, 0.6) is 5.75 Å². The van der Waals surface area contributed by atoms with Gasteiger partial charge in [-0.25, -0.2) is 4.39 Å². The van der Waals surface area contributed by atoms with Crippen molar-refractivity contribution in [3.05, 3.63) is 29.6 Å². The monoisotopic (exact) mass is 499 g/mol. The molecule has 34 heavy (non-hydrogen) atoms. The van der Waals surface area contributed by atoms with Gasteiger partial charge in [0.15, 0.2) is 18.2 Å². The van der Waals surface area contributed by atoms with E-state index in [1.807, 2.05) is 0 Å². The summed E-state index contributed by atoms with van der Waals surface area (Å²) < 4.78 is 55.3. The highest BCUT2D eigenvalue weighted by molar-refractivity contribution is 6.58.